The minimum absolute atomic E-state index is 0.0701. The summed E-state index contributed by atoms with van der Waals surface area (Å²) < 4.78 is 6.92. The maximum atomic E-state index is 13.2. The van der Waals surface area contributed by atoms with Crippen LogP contribution in [0.2, 0.25) is 0 Å². The molecule has 1 aromatic heterocycles. The second-order valence-corrected chi connectivity index (χ2v) is 11.2. The molecular weight excluding hydrogens is 402 g/mol. The van der Waals surface area contributed by atoms with Gasteiger partial charge in [0.2, 0.25) is 0 Å². The molecule has 0 aliphatic heterocycles. The highest BCUT2D eigenvalue weighted by Crippen LogP contribution is 2.52. The molecule has 0 radical (unpaired) electrons. The highest BCUT2D eigenvalue weighted by Gasteiger charge is 2.46. The molecule has 6 unspecified atom stereocenters. The van der Waals surface area contributed by atoms with Crippen molar-refractivity contribution in [3.63, 3.8) is 0 Å². The Hall–Kier alpha value is -1.71. The minimum Gasteiger partial charge on any atom is -0.387 e. The van der Waals surface area contributed by atoms with Crippen molar-refractivity contribution < 1.29 is 14.6 Å². The fraction of sp³-hybridized carbons (Fsp3) is 0.808. The van der Waals surface area contributed by atoms with Crippen molar-refractivity contribution in [3.05, 3.63) is 18.0 Å². The van der Waals surface area contributed by atoms with Crippen LogP contribution in [0.1, 0.15) is 83.1 Å². The number of nitriles is 1. The molecule has 6 heteroatoms. The summed E-state index contributed by atoms with van der Waals surface area (Å²) in [4.78, 5) is 13.2. The predicted molar refractivity (Wildman–Crippen MR) is 122 cm³/mol. The SMILES string of the molecule is COCC1(O)CCC2C(CCC3(C)CCCC3C(=O)Cn3cc(C#N)cn3)CCCC2C1. The van der Waals surface area contributed by atoms with Crippen molar-refractivity contribution in [1.82, 2.24) is 9.78 Å². The Morgan fingerprint density at radius 1 is 1.31 bits per heavy atom. The number of rotatable bonds is 8. The Morgan fingerprint density at radius 3 is 2.91 bits per heavy atom. The standard InChI is InChI=1S/C26H39N3O3/c1-25(10-4-7-23(25)24(30)17-29-16-19(14-27)15-28-29)11-8-20-5-3-6-21-13-26(31,18-32-2)12-9-22(20)21/h15-16,20-23,31H,3-13,17-18H2,1-2H3. The highest BCUT2D eigenvalue weighted by atomic mass is 16.5. The van der Waals surface area contributed by atoms with Crippen LogP contribution in [0, 0.1) is 40.4 Å². The molecule has 3 saturated carbocycles. The average molecular weight is 442 g/mol. The molecule has 1 aromatic rings. The van der Waals surface area contributed by atoms with E-state index in [2.05, 4.69) is 18.1 Å². The van der Waals surface area contributed by atoms with Gasteiger partial charge in [-0.3, -0.25) is 9.48 Å². The van der Waals surface area contributed by atoms with Crippen molar-refractivity contribution >= 4 is 5.78 Å². The molecule has 32 heavy (non-hydrogen) atoms. The van der Waals surface area contributed by atoms with E-state index in [4.69, 9.17) is 10.00 Å². The summed E-state index contributed by atoms with van der Waals surface area (Å²) in [6.07, 6.45) is 15.4. The first-order valence-electron chi connectivity index (χ1n) is 12.5. The van der Waals surface area contributed by atoms with E-state index in [1.165, 1.54) is 31.9 Å². The number of carbonyl (C=O) groups is 1. The van der Waals surface area contributed by atoms with E-state index in [0.29, 0.717) is 24.0 Å². The van der Waals surface area contributed by atoms with E-state index in [1.807, 2.05) is 0 Å². The smallest absolute Gasteiger partial charge is 0.157 e. The molecule has 0 spiro atoms. The van der Waals surface area contributed by atoms with Gasteiger partial charge in [-0.15, -0.1) is 0 Å². The first-order chi connectivity index (χ1) is 15.4. The molecule has 1 N–H and O–H groups in total. The molecular formula is C26H39N3O3. The monoisotopic (exact) mass is 441 g/mol. The van der Waals surface area contributed by atoms with Crippen molar-refractivity contribution in [2.45, 2.75) is 89.7 Å². The van der Waals surface area contributed by atoms with Gasteiger partial charge in [-0.25, -0.2) is 0 Å². The number of Topliss-reactive ketones (excluding diaryl/α,β-unsaturated/α-hetero) is 1. The Bertz CT molecular complexity index is 846. The summed E-state index contributed by atoms with van der Waals surface area (Å²) >= 11 is 0. The van der Waals surface area contributed by atoms with Crippen molar-refractivity contribution in [3.8, 4) is 6.07 Å². The summed E-state index contributed by atoms with van der Waals surface area (Å²) in [6, 6.07) is 2.08. The van der Waals surface area contributed by atoms with E-state index in [-0.39, 0.29) is 23.7 Å². The molecule has 6 nitrogen and oxygen atoms in total. The van der Waals surface area contributed by atoms with Crippen LogP contribution in [0.4, 0.5) is 0 Å². The van der Waals surface area contributed by atoms with Crippen molar-refractivity contribution in [2.24, 2.45) is 29.1 Å². The Labute approximate surface area is 192 Å². The molecule has 176 valence electrons. The number of ether oxygens (including phenoxy) is 1. The molecule has 0 saturated heterocycles. The van der Waals surface area contributed by atoms with Crippen LogP contribution < -0.4 is 0 Å². The van der Waals surface area contributed by atoms with Crippen LogP contribution in [0.25, 0.3) is 0 Å². The number of aromatic nitrogens is 2. The number of fused-ring (bicyclic) bond motifs is 1. The highest BCUT2D eigenvalue weighted by molar-refractivity contribution is 5.81. The minimum atomic E-state index is -0.634. The fourth-order valence-electron chi connectivity index (χ4n) is 7.34. The van der Waals surface area contributed by atoms with E-state index in [0.717, 1.165) is 50.9 Å². The predicted octanol–water partition coefficient (Wildman–Crippen LogP) is 4.50. The zero-order valence-corrected chi connectivity index (χ0v) is 19.8. The van der Waals surface area contributed by atoms with Crippen molar-refractivity contribution in [2.75, 3.05) is 13.7 Å². The summed E-state index contributed by atoms with van der Waals surface area (Å²) in [6.45, 7) is 3.05. The first-order valence-corrected chi connectivity index (χ1v) is 12.5. The lowest BCUT2D eigenvalue weighted by molar-refractivity contribution is -0.127. The summed E-state index contributed by atoms with van der Waals surface area (Å²) in [5.41, 5.74) is -0.0607. The second-order valence-electron chi connectivity index (χ2n) is 11.2. The third-order valence-corrected chi connectivity index (χ3v) is 9.00. The molecule has 3 fully saturated rings. The van der Waals surface area contributed by atoms with Gasteiger partial charge in [0.05, 0.1) is 30.5 Å². The molecule has 6 atom stereocenters. The number of nitrogens with zero attached hydrogens (tertiary/aromatic N) is 3. The van der Waals surface area contributed by atoms with Gasteiger partial charge in [-0.2, -0.15) is 10.4 Å². The largest absolute Gasteiger partial charge is 0.387 e. The second kappa shape index (κ2) is 9.65. The number of ketones is 1. The maximum absolute atomic E-state index is 13.2. The number of methoxy groups -OCH3 is 1. The summed E-state index contributed by atoms with van der Waals surface area (Å²) in [5, 5.41) is 24.1. The van der Waals surface area contributed by atoms with Crippen LogP contribution in [0.15, 0.2) is 12.4 Å². The lowest BCUT2D eigenvalue weighted by atomic mass is 9.60. The zero-order valence-electron chi connectivity index (χ0n) is 19.8. The normalized spacial score (nSPS) is 37.1. The van der Waals surface area contributed by atoms with E-state index < -0.39 is 5.60 Å². The maximum Gasteiger partial charge on any atom is 0.157 e. The molecule has 0 aromatic carbocycles. The molecule has 3 aliphatic rings. The molecule has 3 aliphatic carbocycles. The topological polar surface area (TPSA) is 88.1 Å². The third-order valence-electron chi connectivity index (χ3n) is 9.00. The van der Waals surface area contributed by atoms with Gasteiger partial charge < -0.3 is 9.84 Å². The Balaban J connectivity index is 1.35. The fourth-order valence-corrected chi connectivity index (χ4v) is 7.34. The van der Waals surface area contributed by atoms with Gasteiger partial charge >= 0.3 is 0 Å². The van der Waals surface area contributed by atoms with E-state index in [1.54, 1.807) is 18.0 Å². The van der Waals surface area contributed by atoms with Gasteiger partial charge in [0.25, 0.3) is 0 Å². The lowest BCUT2D eigenvalue weighted by Crippen LogP contribution is -2.45. The Kier molecular flexibility index (Phi) is 7.07. The number of carbonyl (C=O) groups excluding carboxylic acids is 1. The number of hydrogen-bond acceptors (Lipinski definition) is 5. The summed E-state index contributed by atoms with van der Waals surface area (Å²) in [7, 11) is 1.68. The van der Waals surface area contributed by atoms with Crippen LogP contribution in [0.5, 0.6) is 0 Å². The average Bonchev–Trinajstić information content (AvgIpc) is 3.38. The third kappa shape index (κ3) is 4.94. The van der Waals surface area contributed by atoms with Gasteiger partial charge in [-0.05, 0) is 68.1 Å². The van der Waals surface area contributed by atoms with Crippen LogP contribution in [0.3, 0.4) is 0 Å². The van der Waals surface area contributed by atoms with E-state index in [9.17, 15) is 9.90 Å². The number of hydrogen-bond donors (Lipinski definition) is 1. The van der Waals surface area contributed by atoms with Gasteiger partial charge in [0.1, 0.15) is 6.07 Å². The first kappa shape index (κ1) is 23.4. The van der Waals surface area contributed by atoms with E-state index >= 15 is 0 Å². The van der Waals surface area contributed by atoms with Crippen LogP contribution >= 0.6 is 0 Å². The molecule has 0 amide bonds. The van der Waals surface area contributed by atoms with Gasteiger partial charge in [-0.1, -0.05) is 32.6 Å². The molecule has 0 bridgehead atoms. The Morgan fingerprint density at radius 2 is 2.16 bits per heavy atom. The van der Waals surface area contributed by atoms with Crippen LogP contribution in [-0.2, 0) is 16.1 Å². The van der Waals surface area contributed by atoms with Crippen LogP contribution in [-0.4, -0.2) is 40.0 Å². The van der Waals surface area contributed by atoms with Gasteiger partial charge in [0.15, 0.2) is 5.78 Å². The molecule has 4 rings (SSSR count). The molecule has 1 heterocycles. The van der Waals surface area contributed by atoms with Crippen molar-refractivity contribution in [1.29, 1.82) is 5.26 Å². The zero-order chi connectivity index (χ0) is 22.8. The summed E-state index contributed by atoms with van der Waals surface area (Å²) in [5.74, 6) is 2.41. The van der Waals surface area contributed by atoms with Gasteiger partial charge in [0, 0.05) is 19.2 Å². The quantitative estimate of drug-likeness (QED) is 0.641. The number of aliphatic hydroxyl groups is 1. The lowest BCUT2D eigenvalue weighted by Gasteiger charge is -2.48.